The lowest BCUT2D eigenvalue weighted by atomic mass is 9.95. The first-order valence-electron chi connectivity index (χ1n) is 7.22. The Labute approximate surface area is 126 Å². The van der Waals surface area contributed by atoms with Crippen molar-refractivity contribution in [1.29, 1.82) is 5.26 Å². The summed E-state index contributed by atoms with van der Waals surface area (Å²) in [5, 5.41) is 16.1. The molecule has 1 aliphatic carbocycles. The summed E-state index contributed by atoms with van der Waals surface area (Å²) in [6.07, 6.45) is 6.52. The topological polar surface area (TPSA) is 47.8 Å². The standard InChI is InChI=1S/C16H21N3S/c1-2-16(10-3-4-11-16)19-15(20)18-14-7-5-13(6-8-14)9-12-17/h5-8H,2-4,9-11H2,1H3,(H2,18,19,20). The minimum Gasteiger partial charge on any atom is -0.357 e. The van der Waals surface area contributed by atoms with Crippen LogP contribution in [0.3, 0.4) is 0 Å². The van der Waals surface area contributed by atoms with Gasteiger partial charge in [-0.25, -0.2) is 0 Å². The van der Waals surface area contributed by atoms with Gasteiger partial charge in [0.2, 0.25) is 0 Å². The zero-order valence-electron chi connectivity index (χ0n) is 11.9. The van der Waals surface area contributed by atoms with Crippen molar-refractivity contribution in [1.82, 2.24) is 5.32 Å². The normalized spacial score (nSPS) is 16.4. The van der Waals surface area contributed by atoms with Crippen LogP contribution in [0.15, 0.2) is 24.3 Å². The van der Waals surface area contributed by atoms with Crippen molar-refractivity contribution in [2.45, 2.75) is 51.0 Å². The van der Waals surface area contributed by atoms with E-state index in [0.29, 0.717) is 11.5 Å². The molecule has 0 amide bonds. The van der Waals surface area contributed by atoms with Crippen LogP contribution in [0.25, 0.3) is 0 Å². The summed E-state index contributed by atoms with van der Waals surface area (Å²) in [5.74, 6) is 0. The van der Waals surface area contributed by atoms with Crippen molar-refractivity contribution in [2.24, 2.45) is 0 Å². The molecule has 0 aliphatic heterocycles. The maximum Gasteiger partial charge on any atom is 0.171 e. The molecule has 106 valence electrons. The lowest BCUT2D eigenvalue weighted by Crippen LogP contribution is -2.47. The van der Waals surface area contributed by atoms with Crippen LogP contribution in [0.1, 0.15) is 44.6 Å². The largest absolute Gasteiger partial charge is 0.357 e. The number of benzene rings is 1. The van der Waals surface area contributed by atoms with Crippen molar-refractivity contribution >= 4 is 23.0 Å². The number of nitriles is 1. The predicted octanol–water partition coefficient (Wildman–Crippen LogP) is 3.76. The molecule has 0 atom stereocenters. The van der Waals surface area contributed by atoms with E-state index in [1.54, 1.807) is 0 Å². The van der Waals surface area contributed by atoms with Gasteiger partial charge in [-0.3, -0.25) is 0 Å². The number of hydrogen-bond acceptors (Lipinski definition) is 2. The molecule has 20 heavy (non-hydrogen) atoms. The molecule has 0 bridgehead atoms. The summed E-state index contributed by atoms with van der Waals surface area (Å²) < 4.78 is 0. The van der Waals surface area contributed by atoms with Gasteiger partial charge in [0, 0.05) is 11.2 Å². The Morgan fingerprint density at radius 1 is 1.30 bits per heavy atom. The van der Waals surface area contributed by atoms with E-state index in [4.69, 9.17) is 17.5 Å². The molecule has 0 radical (unpaired) electrons. The van der Waals surface area contributed by atoms with Crippen LogP contribution < -0.4 is 10.6 Å². The molecule has 0 spiro atoms. The molecule has 3 nitrogen and oxygen atoms in total. The number of hydrogen-bond donors (Lipinski definition) is 2. The minimum atomic E-state index is 0.185. The van der Waals surface area contributed by atoms with Crippen LogP contribution in [-0.2, 0) is 6.42 Å². The number of anilines is 1. The van der Waals surface area contributed by atoms with Crippen molar-refractivity contribution in [3.8, 4) is 6.07 Å². The first-order chi connectivity index (χ1) is 9.67. The summed E-state index contributed by atoms with van der Waals surface area (Å²) in [6.45, 7) is 2.22. The van der Waals surface area contributed by atoms with E-state index in [1.165, 1.54) is 25.7 Å². The van der Waals surface area contributed by atoms with E-state index in [2.05, 4.69) is 23.6 Å². The number of rotatable bonds is 4. The molecule has 1 fully saturated rings. The van der Waals surface area contributed by atoms with E-state index in [1.807, 2.05) is 24.3 Å². The van der Waals surface area contributed by atoms with E-state index >= 15 is 0 Å². The molecule has 0 heterocycles. The fraction of sp³-hybridized carbons (Fsp3) is 0.500. The molecule has 2 rings (SSSR count). The Hall–Kier alpha value is -1.60. The Kier molecular flexibility index (Phi) is 4.97. The molecule has 1 aromatic carbocycles. The van der Waals surface area contributed by atoms with Gasteiger partial charge in [-0.2, -0.15) is 5.26 Å². The monoisotopic (exact) mass is 287 g/mol. The Morgan fingerprint density at radius 3 is 2.50 bits per heavy atom. The van der Waals surface area contributed by atoms with Gasteiger partial charge < -0.3 is 10.6 Å². The van der Waals surface area contributed by atoms with Crippen LogP contribution >= 0.6 is 12.2 Å². The van der Waals surface area contributed by atoms with Gasteiger partial charge in [0.1, 0.15) is 0 Å². The van der Waals surface area contributed by atoms with Gasteiger partial charge in [0.25, 0.3) is 0 Å². The molecule has 4 heteroatoms. The highest BCUT2D eigenvalue weighted by atomic mass is 32.1. The maximum absolute atomic E-state index is 8.65. The second-order valence-corrected chi connectivity index (χ2v) is 5.86. The Morgan fingerprint density at radius 2 is 1.95 bits per heavy atom. The number of nitrogens with zero attached hydrogens (tertiary/aromatic N) is 1. The van der Waals surface area contributed by atoms with Crippen LogP contribution in [0.4, 0.5) is 5.69 Å². The van der Waals surface area contributed by atoms with Gasteiger partial charge in [-0.15, -0.1) is 0 Å². The number of thiocarbonyl (C=S) groups is 1. The molecular weight excluding hydrogens is 266 g/mol. The van der Waals surface area contributed by atoms with Gasteiger partial charge in [-0.1, -0.05) is 31.9 Å². The third-order valence-corrected chi connectivity index (χ3v) is 4.32. The maximum atomic E-state index is 8.65. The van der Waals surface area contributed by atoms with Gasteiger partial charge in [-0.05, 0) is 49.2 Å². The van der Waals surface area contributed by atoms with Crippen molar-refractivity contribution in [2.75, 3.05) is 5.32 Å². The highest BCUT2D eigenvalue weighted by molar-refractivity contribution is 7.80. The van der Waals surface area contributed by atoms with Crippen molar-refractivity contribution in [3.05, 3.63) is 29.8 Å². The minimum absolute atomic E-state index is 0.185. The summed E-state index contributed by atoms with van der Waals surface area (Å²) in [4.78, 5) is 0. The molecule has 0 aromatic heterocycles. The average Bonchev–Trinajstić information content (AvgIpc) is 2.90. The molecule has 2 N–H and O–H groups in total. The molecule has 1 aliphatic rings. The Balaban J connectivity index is 1.92. The van der Waals surface area contributed by atoms with Gasteiger partial charge in [0.15, 0.2) is 5.11 Å². The molecule has 0 saturated heterocycles. The summed E-state index contributed by atoms with van der Waals surface area (Å²) in [7, 11) is 0. The lowest BCUT2D eigenvalue weighted by Gasteiger charge is -2.30. The highest BCUT2D eigenvalue weighted by Gasteiger charge is 2.32. The van der Waals surface area contributed by atoms with Gasteiger partial charge >= 0.3 is 0 Å². The predicted molar refractivity (Wildman–Crippen MR) is 86.6 cm³/mol. The molecule has 1 saturated carbocycles. The van der Waals surface area contributed by atoms with Crippen LogP contribution in [-0.4, -0.2) is 10.7 Å². The summed E-state index contributed by atoms with van der Waals surface area (Å²) >= 11 is 5.42. The third kappa shape index (κ3) is 3.71. The second kappa shape index (κ2) is 6.71. The van der Waals surface area contributed by atoms with Crippen molar-refractivity contribution < 1.29 is 0 Å². The van der Waals surface area contributed by atoms with Crippen LogP contribution in [0, 0.1) is 11.3 Å². The summed E-state index contributed by atoms with van der Waals surface area (Å²) in [5.41, 5.74) is 2.18. The third-order valence-electron chi connectivity index (χ3n) is 4.11. The first-order valence-corrected chi connectivity index (χ1v) is 7.63. The summed E-state index contributed by atoms with van der Waals surface area (Å²) in [6, 6.07) is 9.99. The first kappa shape index (κ1) is 14.8. The fourth-order valence-corrected chi connectivity index (χ4v) is 3.15. The zero-order chi connectivity index (χ0) is 14.4. The van der Waals surface area contributed by atoms with Crippen LogP contribution in [0.2, 0.25) is 0 Å². The van der Waals surface area contributed by atoms with E-state index in [9.17, 15) is 0 Å². The average molecular weight is 287 g/mol. The van der Waals surface area contributed by atoms with Crippen LogP contribution in [0.5, 0.6) is 0 Å². The lowest BCUT2D eigenvalue weighted by molar-refractivity contribution is 0.378. The van der Waals surface area contributed by atoms with E-state index in [0.717, 1.165) is 17.7 Å². The molecule has 0 unspecified atom stereocenters. The molecular formula is C16H21N3S. The highest BCUT2D eigenvalue weighted by Crippen LogP contribution is 2.32. The Bertz CT molecular complexity index is 495. The van der Waals surface area contributed by atoms with Gasteiger partial charge in [0.05, 0.1) is 12.5 Å². The second-order valence-electron chi connectivity index (χ2n) is 5.45. The van der Waals surface area contributed by atoms with E-state index in [-0.39, 0.29) is 5.54 Å². The number of nitrogens with one attached hydrogen (secondary N) is 2. The quantitative estimate of drug-likeness (QED) is 0.828. The van der Waals surface area contributed by atoms with Crippen molar-refractivity contribution in [3.63, 3.8) is 0 Å². The SMILES string of the molecule is CCC1(NC(=S)Nc2ccc(CC#N)cc2)CCCC1. The smallest absolute Gasteiger partial charge is 0.171 e. The fourth-order valence-electron chi connectivity index (χ4n) is 2.82. The molecule has 1 aromatic rings. The van der Waals surface area contributed by atoms with E-state index < -0.39 is 0 Å². The zero-order valence-corrected chi connectivity index (χ0v) is 12.7.